The molecule has 0 radical (unpaired) electrons. The highest BCUT2D eigenvalue weighted by Gasteiger charge is 2.28. The lowest BCUT2D eigenvalue weighted by atomic mass is 10.1. The molecule has 1 aliphatic heterocycles. The van der Waals surface area contributed by atoms with E-state index in [2.05, 4.69) is 15.3 Å². The molecule has 1 amide bonds. The second kappa shape index (κ2) is 8.74. The Morgan fingerprint density at radius 2 is 2.28 bits per heavy atom. The molecule has 0 spiro atoms. The van der Waals surface area contributed by atoms with Gasteiger partial charge in [-0.05, 0) is 43.9 Å². The third kappa shape index (κ3) is 5.35. The van der Waals surface area contributed by atoms with Crippen molar-refractivity contribution in [3.63, 3.8) is 0 Å². The zero-order valence-electron chi connectivity index (χ0n) is 10.7. The molecule has 7 heteroatoms. The molecule has 0 aromatic heterocycles. The van der Waals surface area contributed by atoms with E-state index in [-0.39, 0.29) is 11.8 Å². The summed E-state index contributed by atoms with van der Waals surface area (Å²) < 4.78 is 0. The highest BCUT2D eigenvalue weighted by atomic mass is 16.2. The average molecular weight is 254 g/mol. The molecule has 1 unspecified atom stereocenters. The number of nitrogens with zero attached hydrogens (tertiary/aromatic N) is 4. The third-order valence-corrected chi connectivity index (χ3v) is 3.04. The van der Waals surface area contributed by atoms with Gasteiger partial charge in [-0.25, -0.2) is 0 Å². The molecular formula is C11H22N6O. The molecule has 1 aliphatic rings. The molecule has 0 saturated carbocycles. The number of hydrogen-bond acceptors (Lipinski definition) is 4. The van der Waals surface area contributed by atoms with Gasteiger partial charge in [0.25, 0.3) is 0 Å². The summed E-state index contributed by atoms with van der Waals surface area (Å²) in [5.41, 5.74) is 13.6. The smallest absolute Gasteiger partial charge is 0.222 e. The Labute approximate surface area is 107 Å². The molecule has 1 fully saturated rings. The monoisotopic (exact) mass is 254 g/mol. The van der Waals surface area contributed by atoms with E-state index in [4.69, 9.17) is 11.3 Å². The SMILES string of the molecule is [N-]=[N+]=NCC1CC(=O)N(CCCNCCCN)C1. The quantitative estimate of drug-likeness (QED) is 0.270. The number of nitrogens with one attached hydrogen (secondary N) is 1. The van der Waals surface area contributed by atoms with E-state index in [9.17, 15) is 4.79 Å². The normalized spacial score (nSPS) is 19.1. The van der Waals surface area contributed by atoms with Gasteiger partial charge in [0, 0.05) is 31.0 Å². The Morgan fingerprint density at radius 1 is 1.50 bits per heavy atom. The predicted octanol–water partition coefficient (Wildman–Crippen LogP) is 0.474. The maximum atomic E-state index is 11.7. The molecule has 0 bridgehead atoms. The van der Waals surface area contributed by atoms with Gasteiger partial charge in [-0.2, -0.15) is 0 Å². The van der Waals surface area contributed by atoms with Crippen LogP contribution in [0.2, 0.25) is 0 Å². The second-order valence-corrected chi connectivity index (χ2v) is 4.57. The van der Waals surface area contributed by atoms with Crippen LogP contribution < -0.4 is 11.1 Å². The third-order valence-electron chi connectivity index (χ3n) is 3.04. The minimum atomic E-state index is 0.176. The van der Waals surface area contributed by atoms with Gasteiger partial charge < -0.3 is 16.0 Å². The number of nitrogens with two attached hydrogens (primary N) is 1. The molecule has 1 heterocycles. The van der Waals surface area contributed by atoms with Gasteiger partial charge >= 0.3 is 0 Å². The largest absolute Gasteiger partial charge is 0.342 e. The fourth-order valence-electron chi connectivity index (χ4n) is 2.09. The zero-order valence-corrected chi connectivity index (χ0v) is 10.7. The van der Waals surface area contributed by atoms with Gasteiger partial charge in [0.2, 0.25) is 5.91 Å². The minimum Gasteiger partial charge on any atom is -0.342 e. The first-order chi connectivity index (χ1) is 8.77. The summed E-state index contributed by atoms with van der Waals surface area (Å²) in [7, 11) is 0. The Morgan fingerprint density at radius 3 is 3.00 bits per heavy atom. The van der Waals surface area contributed by atoms with E-state index in [1.807, 2.05) is 4.90 Å². The molecule has 0 aromatic carbocycles. The van der Waals surface area contributed by atoms with Crippen LogP contribution in [-0.2, 0) is 4.79 Å². The summed E-state index contributed by atoms with van der Waals surface area (Å²) in [6.07, 6.45) is 2.45. The van der Waals surface area contributed by atoms with Crippen molar-refractivity contribution in [2.75, 3.05) is 39.3 Å². The van der Waals surface area contributed by atoms with Gasteiger partial charge in [-0.3, -0.25) is 4.79 Å². The predicted molar refractivity (Wildman–Crippen MR) is 69.9 cm³/mol. The zero-order chi connectivity index (χ0) is 13.2. The van der Waals surface area contributed by atoms with Crippen molar-refractivity contribution in [2.24, 2.45) is 16.8 Å². The van der Waals surface area contributed by atoms with Crippen LogP contribution in [0.15, 0.2) is 5.11 Å². The number of amides is 1. The molecule has 7 nitrogen and oxygen atoms in total. The van der Waals surface area contributed by atoms with Gasteiger partial charge in [0.05, 0.1) is 0 Å². The van der Waals surface area contributed by atoms with Crippen LogP contribution in [0.1, 0.15) is 19.3 Å². The minimum absolute atomic E-state index is 0.176. The first kappa shape index (κ1) is 14.8. The van der Waals surface area contributed by atoms with Crippen LogP contribution >= 0.6 is 0 Å². The molecule has 1 saturated heterocycles. The van der Waals surface area contributed by atoms with E-state index in [1.165, 1.54) is 0 Å². The van der Waals surface area contributed by atoms with Crippen molar-refractivity contribution < 1.29 is 4.79 Å². The van der Waals surface area contributed by atoms with Crippen molar-refractivity contribution in [2.45, 2.75) is 19.3 Å². The second-order valence-electron chi connectivity index (χ2n) is 4.57. The van der Waals surface area contributed by atoms with Gasteiger partial charge in [-0.15, -0.1) is 0 Å². The summed E-state index contributed by atoms with van der Waals surface area (Å²) >= 11 is 0. The van der Waals surface area contributed by atoms with Crippen LogP contribution in [-0.4, -0.2) is 50.1 Å². The highest BCUT2D eigenvalue weighted by molar-refractivity contribution is 5.78. The van der Waals surface area contributed by atoms with Crippen molar-refractivity contribution in [3.8, 4) is 0 Å². The summed E-state index contributed by atoms with van der Waals surface area (Å²) in [6, 6.07) is 0. The summed E-state index contributed by atoms with van der Waals surface area (Å²) in [6.45, 7) is 4.48. The number of azide groups is 1. The maximum Gasteiger partial charge on any atom is 0.222 e. The summed E-state index contributed by atoms with van der Waals surface area (Å²) in [5, 5.41) is 6.82. The van der Waals surface area contributed by atoms with Crippen molar-refractivity contribution in [1.29, 1.82) is 0 Å². The fraction of sp³-hybridized carbons (Fsp3) is 0.909. The van der Waals surface area contributed by atoms with Crippen LogP contribution in [0.4, 0.5) is 0 Å². The van der Waals surface area contributed by atoms with E-state index >= 15 is 0 Å². The standard InChI is InChI=1S/C11H22N6O/c12-3-1-4-14-5-2-6-17-9-10(7-11(17)18)8-15-16-13/h10,14H,1-9,12H2. The Bertz CT molecular complexity index is 302. The molecule has 0 aliphatic carbocycles. The maximum absolute atomic E-state index is 11.7. The molecule has 0 aromatic rings. The van der Waals surface area contributed by atoms with Crippen molar-refractivity contribution >= 4 is 5.91 Å². The lowest BCUT2D eigenvalue weighted by Crippen LogP contribution is -2.29. The topological polar surface area (TPSA) is 107 Å². The summed E-state index contributed by atoms with van der Waals surface area (Å²) in [5.74, 6) is 0.369. The molecule has 1 rings (SSSR count). The molecule has 1 atom stereocenters. The lowest BCUT2D eigenvalue weighted by Gasteiger charge is -2.16. The number of rotatable bonds is 9. The number of carbonyl (C=O) groups is 1. The van der Waals surface area contributed by atoms with Crippen LogP contribution in [0.5, 0.6) is 0 Å². The fourth-order valence-corrected chi connectivity index (χ4v) is 2.09. The number of hydrogen-bond donors (Lipinski definition) is 2. The van der Waals surface area contributed by atoms with Crippen molar-refractivity contribution in [1.82, 2.24) is 10.2 Å². The highest BCUT2D eigenvalue weighted by Crippen LogP contribution is 2.18. The summed E-state index contributed by atoms with van der Waals surface area (Å²) in [4.78, 5) is 16.3. The molecule has 102 valence electrons. The molecular weight excluding hydrogens is 232 g/mol. The van der Waals surface area contributed by atoms with E-state index in [0.29, 0.717) is 19.5 Å². The average Bonchev–Trinajstić information content (AvgIpc) is 2.72. The number of carbonyl (C=O) groups excluding carboxylic acids is 1. The van der Waals surface area contributed by atoms with E-state index < -0.39 is 0 Å². The van der Waals surface area contributed by atoms with Gasteiger partial charge in [-0.1, -0.05) is 5.11 Å². The molecule has 3 N–H and O–H groups in total. The van der Waals surface area contributed by atoms with Crippen LogP contribution in [0, 0.1) is 5.92 Å². The van der Waals surface area contributed by atoms with Crippen LogP contribution in [0.25, 0.3) is 10.4 Å². The van der Waals surface area contributed by atoms with E-state index in [0.717, 1.165) is 39.0 Å². The van der Waals surface area contributed by atoms with Gasteiger partial charge in [0.15, 0.2) is 0 Å². The Balaban J connectivity index is 2.11. The molecule has 18 heavy (non-hydrogen) atoms. The first-order valence-corrected chi connectivity index (χ1v) is 6.47. The van der Waals surface area contributed by atoms with Gasteiger partial charge in [0.1, 0.15) is 0 Å². The van der Waals surface area contributed by atoms with Crippen molar-refractivity contribution in [3.05, 3.63) is 10.4 Å². The number of likely N-dealkylation sites (tertiary alicyclic amines) is 1. The first-order valence-electron chi connectivity index (χ1n) is 6.47. The Hall–Kier alpha value is -1.30. The van der Waals surface area contributed by atoms with Crippen LogP contribution in [0.3, 0.4) is 0 Å². The Kier molecular flexibility index (Phi) is 7.17. The lowest BCUT2D eigenvalue weighted by molar-refractivity contribution is -0.127. The van der Waals surface area contributed by atoms with E-state index in [1.54, 1.807) is 0 Å².